The molecule has 0 radical (unpaired) electrons. The highest BCUT2D eigenvalue weighted by atomic mass is 16.5. The van der Waals surface area contributed by atoms with Crippen molar-refractivity contribution in [1.82, 2.24) is 4.98 Å². The van der Waals surface area contributed by atoms with E-state index in [1.165, 1.54) is 6.20 Å². The van der Waals surface area contributed by atoms with Crippen LogP contribution in [0.15, 0.2) is 30.6 Å². The van der Waals surface area contributed by atoms with Gasteiger partial charge in [0.1, 0.15) is 5.75 Å². The van der Waals surface area contributed by atoms with Crippen LogP contribution in [-0.2, 0) is 4.74 Å². The first-order chi connectivity index (χ1) is 8.26. The highest BCUT2D eigenvalue weighted by molar-refractivity contribution is 6.04. The lowest BCUT2D eigenvalue weighted by atomic mass is 10.1. The van der Waals surface area contributed by atoms with Crippen molar-refractivity contribution >= 4 is 16.7 Å². The third kappa shape index (κ3) is 2.20. The minimum atomic E-state index is -0.351. The summed E-state index contributed by atoms with van der Waals surface area (Å²) in [6.07, 6.45) is 3.22. The van der Waals surface area contributed by atoms with Gasteiger partial charge < -0.3 is 9.47 Å². The molecule has 4 heteroatoms. The number of benzene rings is 1. The predicted octanol–water partition coefficient (Wildman–Crippen LogP) is 2.42. The van der Waals surface area contributed by atoms with Crippen molar-refractivity contribution in [2.45, 2.75) is 6.92 Å². The Morgan fingerprint density at radius 2 is 2.18 bits per heavy atom. The number of pyridine rings is 1. The van der Waals surface area contributed by atoms with Crippen molar-refractivity contribution in [1.29, 1.82) is 0 Å². The molecule has 0 saturated heterocycles. The molecule has 0 fully saturated rings. The van der Waals surface area contributed by atoms with Gasteiger partial charge >= 0.3 is 5.97 Å². The number of ether oxygens (including phenoxy) is 2. The van der Waals surface area contributed by atoms with E-state index >= 15 is 0 Å². The van der Waals surface area contributed by atoms with Crippen LogP contribution in [0.1, 0.15) is 17.3 Å². The molecule has 0 amide bonds. The van der Waals surface area contributed by atoms with Gasteiger partial charge in [0.2, 0.25) is 0 Å². The highest BCUT2D eigenvalue weighted by Crippen LogP contribution is 2.23. The second-order valence-corrected chi connectivity index (χ2v) is 3.49. The fourth-order valence-corrected chi connectivity index (χ4v) is 1.65. The molecule has 4 nitrogen and oxygen atoms in total. The number of nitrogens with zero attached hydrogens (tertiary/aromatic N) is 1. The molecule has 0 unspecified atom stereocenters. The van der Waals surface area contributed by atoms with Crippen LogP contribution in [0.5, 0.6) is 5.75 Å². The SMILES string of the molecule is CCOC(=O)c1cncc2cc(OC)ccc12. The average Bonchev–Trinajstić information content (AvgIpc) is 2.37. The van der Waals surface area contributed by atoms with Crippen molar-refractivity contribution in [2.24, 2.45) is 0 Å². The molecule has 0 saturated carbocycles. The fourth-order valence-electron chi connectivity index (χ4n) is 1.65. The lowest BCUT2D eigenvalue weighted by Gasteiger charge is -2.06. The molecular weight excluding hydrogens is 218 g/mol. The molecule has 1 aromatic heterocycles. The maximum atomic E-state index is 11.7. The summed E-state index contributed by atoms with van der Waals surface area (Å²) in [5, 5.41) is 1.68. The van der Waals surface area contributed by atoms with Crippen LogP contribution < -0.4 is 4.74 Å². The summed E-state index contributed by atoms with van der Waals surface area (Å²) in [6, 6.07) is 5.48. The van der Waals surface area contributed by atoms with E-state index in [-0.39, 0.29) is 5.97 Å². The van der Waals surface area contributed by atoms with E-state index in [9.17, 15) is 4.79 Å². The van der Waals surface area contributed by atoms with E-state index in [1.54, 1.807) is 20.2 Å². The molecule has 1 heterocycles. The Kier molecular flexibility index (Phi) is 3.23. The zero-order valence-electron chi connectivity index (χ0n) is 9.77. The minimum absolute atomic E-state index is 0.351. The lowest BCUT2D eigenvalue weighted by Crippen LogP contribution is -2.05. The molecular formula is C13H13NO3. The van der Waals surface area contributed by atoms with Gasteiger partial charge in [-0.3, -0.25) is 4.98 Å². The maximum Gasteiger partial charge on any atom is 0.340 e. The Bertz CT molecular complexity index is 551. The van der Waals surface area contributed by atoms with Crippen LogP contribution in [0.25, 0.3) is 10.8 Å². The number of fused-ring (bicyclic) bond motifs is 1. The van der Waals surface area contributed by atoms with E-state index in [1.807, 2.05) is 18.2 Å². The van der Waals surface area contributed by atoms with Crippen molar-refractivity contribution in [3.8, 4) is 5.75 Å². The minimum Gasteiger partial charge on any atom is -0.497 e. The van der Waals surface area contributed by atoms with E-state index < -0.39 is 0 Å². The Morgan fingerprint density at radius 1 is 1.35 bits per heavy atom. The van der Waals surface area contributed by atoms with Crippen LogP contribution in [-0.4, -0.2) is 24.7 Å². The topological polar surface area (TPSA) is 48.4 Å². The van der Waals surface area contributed by atoms with Gasteiger partial charge in [-0.05, 0) is 30.5 Å². The van der Waals surface area contributed by atoms with Crippen LogP contribution >= 0.6 is 0 Å². The summed E-state index contributed by atoms with van der Waals surface area (Å²) in [5.74, 6) is 0.385. The van der Waals surface area contributed by atoms with Crippen molar-refractivity contribution in [2.75, 3.05) is 13.7 Å². The molecule has 0 spiro atoms. The van der Waals surface area contributed by atoms with Crippen molar-refractivity contribution in [3.63, 3.8) is 0 Å². The molecule has 1 aromatic carbocycles. The van der Waals surface area contributed by atoms with E-state index in [0.29, 0.717) is 12.2 Å². The first kappa shape index (κ1) is 11.4. The second-order valence-electron chi connectivity index (χ2n) is 3.49. The van der Waals surface area contributed by atoms with Crippen molar-refractivity contribution in [3.05, 3.63) is 36.2 Å². The first-order valence-electron chi connectivity index (χ1n) is 5.35. The summed E-state index contributed by atoms with van der Waals surface area (Å²) >= 11 is 0. The molecule has 88 valence electrons. The van der Waals surface area contributed by atoms with Gasteiger partial charge in [0, 0.05) is 17.8 Å². The summed E-state index contributed by atoms with van der Waals surface area (Å²) in [4.78, 5) is 15.8. The van der Waals surface area contributed by atoms with Crippen LogP contribution in [0.2, 0.25) is 0 Å². The quantitative estimate of drug-likeness (QED) is 0.761. The summed E-state index contributed by atoms with van der Waals surface area (Å²) in [6.45, 7) is 2.13. The van der Waals surface area contributed by atoms with Gasteiger partial charge in [-0.15, -0.1) is 0 Å². The van der Waals surface area contributed by atoms with Crippen LogP contribution in [0.4, 0.5) is 0 Å². The standard InChI is InChI=1S/C13H13NO3/c1-3-17-13(15)12-8-14-7-9-6-10(16-2)4-5-11(9)12/h4-8H,3H2,1-2H3. The van der Waals surface area contributed by atoms with Crippen LogP contribution in [0, 0.1) is 0 Å². The number of hydrogen-bond donors (Lipinski definition) is 0. The third-order valence-electron chi connectivity index (χ3n) is 2.46. The Hall–Kier alpha value is -2.10. The van der Waals surface area contributed by atoms with Gasteiger partial charge in [-0.25, -0.2) is 4.79 Å². The van der Waals surface area contributed by atoms with Gasteiger partial charge in [0.25, 0.3) is 0 Å². The molecule has 0 aliphatic heterocycles. The number of rotatable bonds is 3. The van der Waals surface area contributed by atoms with Crippen molar-refractivity contribution < 1.29 is 14.3 Å². The Labute approximate surface area is 99.2 Å². The van der Waals surface area contributed by atoms with Gasteiger partial charge in [-0.2, -0.15) is 0 Å². The first-order valence-corrected chi connectivity index (χ1v) is 5.35. The molecule has 0 N–H and O–H groups in total. The smallest absolute Gasteiger partial charge is 0.340 e. The molecule has 0 aliphatic rings. The number of methoxy groups -OCH3 is 1. The number of carbonyl (C=O) groups excluding carboxylic acids is 1. The zero-order valence-corrected chi connectivity index (χ0v) is 9.77. The largest absolute Gasteiger partial charge is 0.497 e. The number of aromatic nitrogens is 1. The molecule has 17 heavy (non-hydrogen) atoms. The normalized spacial score (nSPS) is 10.2. The Balaban J connectivity index is 2.54. The predicted molar refractivity (Wildman–Crippen MR) is 64.3 cm³/mol. The third-order valence-corrected chi connectivity index (χ3v) is 2.46. The van der Waals surface area contributed by atoms with E-state index in [4.69, 9.17) is 9.47 Å². The van der Waals surface area contributed by atoms with Crippen LogP contribution in [0.3, 0.4) is 0 Å². The molecule has 0 aliphatic carbocycles. The number of carbonyl (C=O) groups is 1. The Morgan fingerprint density at radius 3 is 2.88 bits per heavy atom. The maximum absolute atomic E-state index is 11.7. The summed E-state index contributed by atoms with van der Waals surface area (Å²) < 4.78 is 10.1. The summed E-state index contributed by atoms with van der Waals surface area (Å²) in [7, 11) is 1.60. The van der Waals surface area contributed by atoms with E-state index in [0.717, 1.165) is 16.5 Å². The second kappa shape index (κ2) is 4.82. The van der Waals surface area contributed by atoms with Gasteiger partial charge in [-0.1, -0.05) is 0 Å². The molecule has 2 rings (SSSR count). The lowest BCUT2D eigenvalue weighted by molar-refractivity contribution is 0.0528. The number of hydrogen-bond acceptors (Lipinski definition) is 4. The van der Waals surface area contributed by atoms with Gasteiger partial charge in [0.15, 0.2) is 0 Å². The molecule has 0 atom stereocenters. The zero-order chi connectivity index (χ0) is 12.3. The summed E-state index contributed by atoms with van der Waals surface area (Å²) in [5.41, 5.74) is 0.479. The monoisotopic (exact) mass is 231 g/mol. The van der Waals surface area contributed by atoms with Gasteiger partial charge in [0.05, 0.1) is 19.3 Å². The number of esters is 1. The van der Waals surface area contributed by atoms with E-state index in [2.05, 4.69) is 4.98 Å². The average molecular weight is 231 g/mol. The molecule has 0 bridgehead atoms. The molecule has 2 aromatic rings. The fraction of sp³-hybridized carbons (Fsp3) is 0.231. The highest BCUT2D eigenvalue weighted by Gasteiger charge is 2.11.